The second-order valence-corrected chi connectivity index (χ2v) is 4.92. The van der Waals surface area contributed by atoms with Gasteiger partial charge in [0.15, 0.2) is 0 Å². The number of aryl methyl sites for hydroxylation is 2. The largest absolute Gasteiger partial charge is 0.469 e. The molecule has 0 radical (unpaired) electrons. The zero-order valence-corrected chi connectivity index (χ0v) is 12.8. The zero-order chi connectivity index (χ0) is 16.1. The predicted octanol–water partition coefficient (Wildman–Crippen LogP) is 2.33. The van der Waals surface area contributed by atoms with Gasteiger partial charge < -0.3 is 14.6 Å². The fourth-order valence-corrected chi connectivity index (χ4v) is 2.23. The Balaban J connectivity index is 2.23. The first-order valence-electron chi connectivity index (χ1n) is 6.88. The van der Waals surface area contributed by atoms with Crippen molar-refractivity contribution in [3.8, 4) is 0 Å². The normalized spacial score (nSPS) is 11.8. The van der Waals surface area contributed by atoms with Gasteiger partial charge in [-0.25, -0.2) is 0 Å². The number of carbonyl (C=O) groups is 2. The zero-order valence-electron chi connectivity index (χ0n) is 12.8. The molecule has 1 aromatic carbocycles. The molecule has 1 aromatic heterocycles. The van der Waals surface area contributed by atoms with E-state index in [1.165, 1.54) is 7.11 Å². The molecule has 0 saturated heterocycles. The third-order valence-electron chi connectivity index (χ3n) is 3.37. The Kier molecular flexibility index (Phi) is 4.93. The van der Waals surface area contributed by atoms with Crippen molar-refractivity contribution in [2.75, 3.05) is 7.11 Å². The molecular weight excluding hydrogens is 284 g/mol. The number of aromatic nitrogens is 1. The summed E-state index contributed by atoms with van der Waals surface area (Å²) >= 11 is 0. The fourth-order valence-electron chi connectivity index (χ4n) is 2.23. The molecule has 1 heterocycles. The summed E-state index contributed by atoms with van der Waals surface area (Å²) in [6.07, 6.45) is 0.0512. The molecule has 0 aliphatic carbocycles. The van der Waals surface area contributed by atoms with Crippen molar-refractivity contribution in [2.24, 2.45) is 0 Å². The van der Waals surface area contributed by atoms with Crippen LogP contribution in [0.25, 0.3) is 0 Å². The van der Waals surface area contributed by atoms with Crippen LogP contribution in [0.3, 0.4) is 0 Å². The van der Waals surface area contributed by atoms with Gasteiger partial charge in [-0.15, -0.1) is 0 Å². The highest BCUT2D eigenvalue weighted by Crippen LogP contribution is 2.19. The Morgan fingerprint density at radius 1 is 1.27 bits per heavy atom. The monoisotopic (exact) mass is 302 g/mol. The lowest BCUT2D eigenvalue weighted by Gasteiger charge is -2.18. The maximum absolute atomic E-state index is 12.4. The van der Waals surface area contributed by atoms with Gasteiger partial charge in [-0.05, 0) is 19.4 Å². The highest BCUT2D eigenvalue weighted by molar-refractivity contribution is 5.96. The lowest BCUT2D eigenvalue weighted by Crippen LogP contribution is -2.31. The van der Waals surface area contributed by atoms with Gasteiger partial charge in [0.05, 0.1) is 25.3 Å². The Hall–Kier alpha value is -2.63. The maximum Gasteiger partial charge on any atom is 0.307 e. The maximum atomic E-state index is 12.4. The number of benzene rings is 1. The first-order valence-corrected chi connectivity index (χ1v) is 6.88. The van der Waals surface area contributed by atoms with Gasteiger partial charge in [-0.3, -0.25) is 9.59 Å². The Morgan fingerprint density at radius 3 is 2.50 bits per heavy atom. The van der Waals surface area contributed by atoms with Crippen LogP contribution in [0.15, 0.2) is 34.9 Å². The molecule has 0 aliphatic heterocycles. The second kappa shape index (κ2) is 6.89. The van der Waals surface area contributed by atoms with Crippen molar-refractivity contribution in [3.05, 3.63) is 52.9 Å². The number of esters is 1. The van der Waals surface area contributed by atoms with E-state index in [-0.39, 0.29) is 12.3 Å². The summed E-state index contributed by atoms with van der Waals surface area (Å²) in [6, 6.07) is 8.79. The van der Waals surface area contributed by atoms with Crippen LogP contribution in [-0.2, 0) is 9.53 Å². The number of hydrogen-bond donors (Lipinski definition) is 1. The minimum atomic E-state index is -0.477. The van der Waals surface area contributed by atoms with Gasteiger partial charge in [-0.1, -0.05) is 35.5 Å². The lowest BCUT2D eigenvalue weighted by molar-refractivity contribution is -0.141. The summed E-state index contributed by atoms with van der Waals surface area (Å²) in [5, 5.41) is 6.61. The molecule has 2 rings (SSSR count). The predicted molar refractivity (Wildman–Crippen MR) is 79.3 cm³/mol. The topological polar surface area (TPSA) is 81.4 Å². The van der Waals surface area contributed by atoms with Crippen LogP contribution in [0.1, 0.15) is 39.8 Å². The Bertz CT molecular complexity index is 645. The number of methoxy groups -OCH3 is 1. The summed E-state index contributed by atoms with van der Waals surface area (Å²) in [6.45, 7) is 3.37. The van der Waals surface area contributed by atoms with Gasteiger partial charge in [-0.2, -0.15) is 0 Å². The van der Waals surface area contributed by atoms with Crippen molar-refractivity contribution in [1.29, 1.82) is 0 Å². The molecule has 0 saturated carbocycles. The highest BCUT2D eigenvalue weighted by atomic mass is 16.5. The number of carbonyl (C=O) groups excluding carboxylic acids is 2. The molecule has 0 bridgehead atoms. The molecule has 0 aliphatic rings. The number of rotatable bonds is 5. The molecule has 0 fully saturated rings. The van der Waals surface area contributed by atoms with E-state index in [2.05, 4.69) is 10.5 Å². The molecule has 1 amide bonds. The average molecular weight is 302 g/mol. The molecule has 2 aromatic rings. The molecule has 6 heteroatoms. The van der Waals surface area contributed by atoms with Crippen molar-refractivity contribution >= 4 is 11.9 Å². The van der Waals surface area contributed by atoms with Crippen LogP contribution in [0, 0.1) is 13.8 Å². The summed E-state index contributed by atoms with van der Waals surface area (Å²) in [7, 11) is 1.32. The van der Waals surface area contributed by atoms with Crippen LogP contribution < -0.4 is 5.32 Å². The van der Waals surface area contributed by atoms with Crippen LogP contribution in [-0.4, -0.2) is 24.1 Å². The number of amides is 1. The number of ether oxygens (including phenoxy) is 1. The van der Waals surface area contributed by atoms with E-state index in [0.29, 0.717) is 17.0 Å². The van der Waals surface area contributed by atoms with Gasteiger partial charge in [0.2, 0.25) is 0 Å². The van der Waals surface area contributed by atoms with E-state index in [9.17, 15) is 9.59 Å². The Labute approximate surface area is 128 Å². The first kappa shape index (κ1) is 15.8. The molecule has 116 valence electrons. The van der Waals surface area contributed by atoms with Crippen LogP contribution in [0.4, 0.5) is 0 Å². The van der Waals surface area contributed by atoms with Crippen molar-refractivity contribution < 1.29 is 18.8 Å². The van der Waals surface area contributed by atoms with E-state index in [1.54, 1.807) is 13.8 Å². The summed E-state index contributed by atoms with van der Waals surface area (Å²) < 4.78 is 9.70. The van der Waals surface area contributed by atoms with Crippen LogP contribution in [0.5, 0.6) is 0 Å². The summed E-state index contributed by atoms with van der Waals surface area (Å²) in [4.78, 5) is 24.0. The number of nitrogens with zero attached hydrogens (tertiary/aromatic N) is 1. The number of nitrogens with one attached hydrogen (secondary N) is 1. The molecule has 22 heavy (non-hydrogen) atoms. The molecule has 0 spiro atoms. The van der Waals surface area contributed by atoms with E-state index in [1.807, 2.05) is 30.3 Å². The second-order valence-electron chi connectivity index (χ2n) is 4.92. The van der Waals surface area contributed by atoms with Crippen LogP contribution in [0.2, 0.25) is 0 Å². The minimum absolute atomic E-state index is 0.0512. The van der Waals surface area contributed by atoms with Gasteiger partial charge in [0.25, 0.3) is 5.91 Å². The van der Waals surface area contributed by atoms with E-state index >= 15 is 0 Å². The molecule has 6 nitrogen and oxygen atoms in total. The van der Waals surface area contributed by atoms with Crippen molar-refractivity contribution in [2.45, 2.75) is 26.3 Å². The van der Waals surface area contributed by atoms with Crippen molar-refractivity contribution in [1.82, 2.24) is 10.5 Å². The van der Waals surface area contributed by atoms with Gasteiger partial charge in [0, 0.05) is 0 Å². The number of hydrogen-bond acceptors (Lipinski definition) is 5. The average Bonchev–Trinajstić information content (AvgIpc) is 2.86. The third-order valence-corrected chi connectivity index (χ3v) is 3.37. The Morgan fingerprint density at radius 2 is 1.95 bits per heavy atom. The smallest absolute Gasteiger partial charge is 0.307 e. The first-order chi connectivity index (χ1) is 10.5. The molecule has 1 N–H and O–H groups in total. The standard InChI is InChI=1S/C16H18N2O4/c1-10-15(11(2)22-18-10)16(20)17-13(9-14(19)21-3)12-7-5-4-6-8-12/h4-8,13H,9H2,1-3H3,(H,17,20)/t13-/m0/s1. The third kappa shape index (κ3) is 3.52. The molecular formula is C16H18N2O4. The minimum Gasteiger partial charge on any atom is -0.469 e. The van der Waals surface area contributed by atoms with Gasteiger partial charge >= 0.3 is 5.97 Å². The summed E-state index contributed by atoms with van der Waals surface area (Å²) in [5.41, 5.74) is 1.73. The highest BCUT2D eigenvalue weighted by Gasteiger charge is 2.23. The lowest BCUT2D eigenvalue weighted by atomic mass is 10.0. The molecule has 0 unspecified atom stereocenters. The van der Waals surface area contributed by atoms with Crippen molar-refractivity contribution in [3.63, 3.8) is 0 Å². The molecule has 1 atom stereocenters. The van der Waals surface area contributed by atoms with Gasteiger partial charge in [0.1, 0.15) is 11.3 Å². The van der Waals surface area contributed by atoms with E-state index in [4.69, 9.17) is 9.26 Å². The SMILES string of the molecule is COC(=O)C[C@H](NC(=O)c1c(C)noc1C)c1ccccc1. The van der Waals surface area contributed by atoms with E-state index in [0.717, 1.165) is 5.56 Å². The summed E-state index contributed by atoms with van der Waals surface area (Å²) in [5.74, 6) is -0.276. The fraction of sp³-hybridized carbons (Fsp3) is 0.312. The van der Waals surface area contributed by atoms with E-state index < -0.39 is 12.0 Å². The van der Waals surface area contributed by atoms with Crippen LogP contribution >= 0.6 is 0 Å². The quantitative estimate of drug-likeness (QED) is 0.857.